The van der Waals surface area contributed by atoms with E-state index in [1.165, 1.54) is 0 Å². The molecule has 0 saturated heterocycles. The van der Waals surface area contributed by atoms with Gasteiger partial charge in [0.1, 0.15) is 25.0 Å². The Morgan fingerprint density at radius 2 is 1.87 bits per heavy atom. The highest BCUT2D eigenvalue weighted by atomic mass is 16.5. The Bertz CT molecular complexity index is 1110. The molecule has 3 aromatic rings. The Hall–Kier alpha value is -3.75. The maximum atomic E-state index is 6.18. The van der Waals surface area contributed by atoms with Crippen LogP contribution in [-0.4, -0.2) is 41.3 Å². The average molecular weight is 404 g/mol. The minimum absolute atomic E-state index is 0.0570. The van der Waals surface area contributed by atoms with Crippen LogP contribution in [0.25, 0.3) is 0 Å². The van der Waals surface area contributed by atoms with E-state index in [9.17, 15) is 0 Å². The molecule has 0 fully saturated rings. The Labute approximate surface area is 172 Å². The smallest absolute Gasteiger partial charge is 0.237 e. The molecule has 30 heavy (non-hydrogen) atoms. The Morgan fingerprint density at radius 1 is 0.900 bits per heavy atom. The molecule has 3 aromatic heterocycles. The van der Waals surface area contributed by atoms with Crippen LogP contribution >= 0.6 is 0 Å². The maximum Gasteiger partial charge on any atom is 0.237 e. The Kier molecular flexibility index (Phi) is 3.97. The zero-order valence-corrected chi connectivity index (χ0v) is 16.1. The van der Waals surface area contributed by atoms with E-state index in [-0.39, 0.29) is 12.1 Å². The van der Waals surface area contributed by atoms with Gasteiger partial charge in [0.2, 0.25) is 5.88 Å². The van der Waals surface area contributed by atoms with Gasteiger partial charge in [-0.3, -0.25) is 9.97 Å². The lowest BCUT2D eigenvalue weighted by Gasteiger charge is -2.30. The van der Waals surface area contributed by atoms with Crippen LogP contribution in [0.5, 0.6) is 17.4 Å². The number of aromatic nitrogens is 3. The van der Waals surface area contributed by atoms with Crippen molar-refractivity contribution in [3.05, 3.63) is 54.2 Å². The van der Waals surface area contributed by atoms with E-state index >= 15 is 0 Å². The third kappa shape index (κ3) is 2.99. The summed E-state index contributed by atoms with van der Waals surface area (Å²) in [5.41, 5.74) is 4.40. The van der Waals surface area contributed by atoms with Gasteiger partial charge in [-0.1, -0.05) is 0 Å². The van der Waals surface area contributed by atoms with Gasteiger partial charge in [-0.05, 0) is 18.2 Å². The predicted octanol–water partition coefficient (Wildman–Crippen LogP) is 2.77. The van der Waals surface area contributed by atoms with E-state index in [4.69, 9.17) is 14.2 Å². The highest BCUT2D eigenvalue weighted by Crippen LogP contribution is 2.38. The van der Waals surface area contributed by atoms with E-state index < -0.39 is 0 Å². The van der Waals surface area contributed by atoms with Crippen LogP contribution in [0.3, 0.4) is 0 Å². The number of anilines is 3. The first-order chi connectivity index (χ1) is 14.8. The molecular weight excluding hydrogens is 384 g/mol. The van der Waals surface area contributed by atoms with Gasteiger partial charge >= 0.3 is 0 Å². The fourth-order valence-corrected chi connectivity index (χ4v) is 3.84. The van der Waals surface area contributed by atoms with Crippen molar-refractivity contribution in [2.45, 2.75) is 12.1 Å². The number of hydrogen-bond donors (Lipinski definition) is 3. The summed E-state index contributed by atoms with van der Waals surface area (Å²) < 4.78 is 17.7. The van der Waals surface area contributed by atoms with Crippen molar-refractivity contribution >= 4 is 17.1 Å². The van der Waals surface area contributed by atoms with Crippen LogP contribution in [0, 0.1) is 0 Å². The summed E-state index contributed by atoms with van der Waals surface area (Å²) in [6.07, 6.45) is 5.05. The highest BCUT2D eigenvalue weighted by molar-refractivity contribution is 5.61. The van der Waals surface area contributed by atoms with Gasteiger partial charge in [-0.15, -0.1) is 0 Å². The van der Waals surface area contributed by atoms with Crippen molar-refractivity contribution in [1.29, 1.82) is 0 Å². The second-order valence-electron chi connectivity index (χ2n) is 7.34. The zero-order chi connectivity index (χ0) is 19.9. The second kappa shape index (κ2) is 6.94. The first-order valence-corrected chi connectivity index (χ1v) is 9.95. The minimum Gasteiger partial charge on any atom is -0.489 e. The van der Waals surface area contributed by atoms with E-state index in [0.29, 0.717) is 31.4 Å². The fourth-order valence-electron chi connectivity index (χ4n) is 3.84. The first-order valence-electron chi connectivity index (χ1n) is 9.95. The SMILES string of the molecule is c1cnc2c(c1)NC(c1cc3c(cn1)OC(c1cc4c(cn1)NCCO4)CN3)CO2. The molecule has 9 heteroatoms. The number of nitrogens with zero attached hydrogens (tertiary/aromatic N) is 3. The zero-order valence-electron chi connectivity index (χ0n) is 16.1. The molecule has 0 saturated carbocycles. The van der Waals surface area contributed by atoms with Crippen LogP contribution in [-0.2, 0) is 0 Å². The lowest BCUT2D eigenvalue weighted by Crippen LogP contribution is -2.27. The molecule has 0 aromatic carbocycles. The monoisotopic (exact) mass is 404 g/mol. The van der Waals surface area contributed by atoms with Gasteiger partial charge in [0.15, 0.2) is 11.9 Å². The molecule has 0 amide bonds. The van der Waals surface area contributed by atoms with Gasteiger partial charge in [0.05, 0.1) is 47.4 Å². The van der Waals surface area contributed by atoms with Gasteiger partial charge in [0, 0.05) is 18.8 Å². The largest absolute Gasteiger partial charge is 0.489 e. The number of pyridine rings is 3. The number of nitrogens with one attached hydrogen (secondary N) is 3. The molecule has 2 unspecified atom stereocenters. The molecule has 0 aliphatic carbocycles. The second-order valence-corrected chi connectivity index (χ2v) is 7.34. The summed E-state index contributed by atoms with van der Waals surface area (Å²) >= 11 is 0. The number of ether oxygens (including phenoxy) is 3. The van der Waals surface area contributed by atoms with Crippen LogP contribution in [0.2, 0.25) is 0 Å². The maximum absolute atomic E-state index is 6.18. The topological polar surface area (TPSA) is 102 Å². The summed E-state index contributed by atoms with van der Waals surface area (Å²) in [6, 6.07) is 7.71. The summed E-state index contributed by atoms with van der Waals surface area (Å²) in [5, 5.41) is 10.2. The molecule has 3 aliphatic rings. The summed E-state index contributed by atoms with van der Waals surface area (Å²) in [6.45, 7) is 2.51. The Morgan fingerprint density at radius 3 is 2.87 bits per heavy atom. The molecule has 0 radical (unpaired) electrons. The van der Waals surface area contributed by atoms with Gasteiger partial charge in [0.25, 0.3) is 0 Å². The van der Waals surface area contributed by atoms with Crippen molar-refractivity contribution in [3.63, 3.8) is 0 Å². The van der Waals surface area contributed by atoms with E-state index in [2.05, 4.69) is 30.9 Å². The summed E-state index contributed by atoms with van der Waals surface area (Å²) in [7, 11) is 0. The molecule has 6 heterocycles. The predicted molar refractivity (Wildman–Crippen MR) is 110 cm³/mol. The minimum atomic E-state index is -0.213. The standard InChI is InChI=1S/C21H20N6O3/c1-2-12-21(23-3-1)29-11-17(27-12)13-6-14-19(9-25-13)30-20(10-26-14)15-7-18-16(8-24-15)22-4-5-28-18/h1-3,6-9,17,20,22,26-27H,4-5,10-11H2. The van der Waals surface area contributed by atoms with Gasteiger partial charge in [-0.2, -0.15) is 0 Å². The van der Waals surface area contributed by atoms with Crippen molar-refractivity contribution in [2.24, 2.45) is 0 Å². The van der Waals surface area contributed by atoms with E-state index in [1.54, 1.807) is 18.6 Å². The highest BCUT2D eigenvalue weighted by Gasteiger charge is 2.27. The summed E-state index contributed by atoms with van der Waals surface area (Å²) in [5.74, 6) is 2.13. The molecule has 9 nitrogen and oxygen atoms in total. The number of fused-ring (bicyclic) bond motifs is 3. The van der Waals surface area contributed by atoms with Crippen molar-refractivity contribution in [2.75, 3.05) is 42.3 Å². The lowest BCUT2D eigenvalue weighted by molar-refractivity contribution is 0.203. The van der Waals surface area contributed by atoms with Crippen LogP contribution < -0.4 is 30.2 Å². The molecule has 3 aliphatic heterocycles. The van der Waals surface area contributed by atoms with Crippen molar-refractivity contribution in [3.8, 4) is 17.4 Å². The first kappa shape index (κ1) is 17.1. The van der Waals surface area contributed by atoms with E-state index in [0.717, 1.165) is 40.7 Å². The number of rotatable bonds is 2. The van der Waals surface area contributed by atoms with Crippen LogP contribution in [0.1, 0.15) is 23.5 Å². The molecule has 6 rings (SSSR count). The third-order valence-corrected chi connectivity index (χ3v) is 5.37. The van der Waals surface area contributed by atoms with E-state index in [1.807, 2.05) is 24.3 Å². The quantitative estimate of drug-likeness (QED) is 0.595. The molecule has 3 N–H and O–H groups in total. The average Bonchev–Trinajstić information content (AvgIpc) is 2.83. The molecule has 2 atom stereocenters. The van der Waals surface area contributed by atoms with Crippen LogP contribution in [0.15, 0.2) is 42.9 Å². The third-order valence-electron chi connectivity index (χ3n) is 5.37. The van der Waals surface area contributed by atoms with Crippen molar-refractivity contribution < 1.29 is 14.2 Å². The summed E-state index contributed by atoms with van der Waals surface area (Å²) in [4.78, 5) is 13.4. The normalized spacial score (nSPS) is 21.1. The van der Waals surface area contributed by atoms with Crippen LogP contribution in [0.4, 0.5) is 17.1 Å². The molecule has 152 valence electrons. The molecular formula is C21H20N6O3. The molecule has 0 spiro atoms. The van der Waals surface area contributed by atoms with Gasteiger partial charge < -0.3 is 30.2 Å². The molecule has 0 bridgehead atoms. The fraction of sp³-hybridized carbons (Fsp3) is 0.286. The Balaban J connectivity index is 1.21. The van der Waals surface area contributed by atoms with Crippen molar-refractivity contribution in [1.82, 2.24) is 15.0 Å². The number of hydrogen-bond acceptors (Lipinski definition) is 9. The van der Waals surface area contributed by atoms with Gasteiger partial charge in [-0.25, -0.2) is 4.98 Å². The lowest BCUT2D eigenvalue weighted by atomic mass is 10.1.